The SMILES string of the molecule is COc1cc(OC)cc(C(C#N)=Cc2ccc(OCC(=O)O)cc2)c1. The smallest absolute Gasteiger partial charge is 0.341 e. The number of hydrogen-bond acceptors (Lipinski definition) is 5. The molecule has 0 saturated carbocycles. The third-order valence-corrected chi connectivity index (χ3v) is 3.34. The van der Waals surface area contributed by atoms with Crippen LogP contribution in [0.5, 0.6) is 17.2 Å². The van der Waals surface area contributed by atoms with Crippen molar-refractivity contribution in [3.8, 4) is 23.3 Å². The molecule has 0 atom stereocenters. The number of nitriles is 1. The van der Waals surface area contributed by atoms with Gasteiger partial charge in [-0.05, 0) is 41.5 Å². The van der Waals surface area contributed by atoms with E-state index in [1.165, 1.54) is 0 Å². The summed E-state index contributed by atoms with van der Waals surface area (Å²) in [7, 11) is 3.09. The molecule has 0 amide bonds. The Balaban J connectivity index is 2.28. The molecule has 0 heterocycles. The first-order valence-corrected chi connectivity index (χ1v) is 7.35. The van der Waals surface area contributed by atoms with E-state index < -0.39 is 12.6 Å². The Morgan fingerprint density at radius 2 is 1.68 bits per heavy atom. The fourth-order valence-corrected chi connectivity index (χ4v) is 2.12. The van der Waals surface area contributed by atoms with Crippen molar-refractivity contribution in [2.45, 2.75) is 0 Å². The summed E-state index contributed by atoms with van der Waals surface area (Å²) in [6, 6.07) is 14.2. The van der Waals surface area contributed by atoms with Crippen LogP contribution >= 0.6 is 0 Å². The van der Waals surface area contributed by atoms with Crippen LogP contribution in [0.1, 0.15) is 11.1 Å². The molecule has 0 fully saturated rings. The zero-order valence-electron chi connectivity index (χ0n) is 13.9. The van der Waals surface area contributed by atoms with Gasteiger partial charge in [-0.3, -0.25) is 0 Å². The second-order valence-electron chi connectivity index (χ2n) is 5.02. The van der Waals surface area contributed by atoms with Gasteiger partial charge in [0.15, 0.2) is 6.61 Å². The molecule has 0 bridgehead atoms. The van der Waals surface area contributed by atoms with Crippen molar-refractivity contribution in [2.75, 3.05) is 20.8 Å². The largest absolute Gasteiger partial charge is 0.497 e. The van der Waals surface area contributed by atoms with Crippen molar-refractivity contribution in [1.82, 2.24) is 0 Å². The molecule has 6 heteroatoms. The van der Waals surface area contributed by atoms with Crippen LogP contribution in [0.2, 0.25) is 0 Å². The van der Waals surface area contributed by atoms with Crippen LogP contribution in [0.4, 0.5) is 0 Å². The Hall–Kier alpha value is -3.46. The zero-order chi connectivity index (χ0) is 18.2. The fourth-order valence-electron chi connectivity index (χ4n) is 2.12. The number of hydrogen-bond donors (Lipinski definition) is 1. The van der Waals surface area contributed by atoms with Crippen LogP contribution in [0.25, 0.3) is 11.6 Å². The first-order chi connectivity index (χ1) is 12.0. The second-order valence-corrected chi connectivity index (χ2v) is 5.02. The van der Waals surface area contributed by atoms with Gasteiger partial charge in [-0.2, -0.15) is 5.26 Å². The van der Waals surface area contributed by atoms with Crippen LogP contribution in [-0.4, -0.2) is 31.9 Å². The lowest BCUT2D eigenvalue weighted by Crippen LogP contribution is -2.09. The van der Waals surface area contributed by atoms with Crippen molar-refractivity contribution in [3.63, 3.8) is 0 Å². The number of rotatable bonds is 7. The number of aliphatic carboxylic acids is 1. The number of allylic oxidation sites excluding steroid dienone is 1. The van der Waals surface area contributed by atoms with Gasteiger partial charge in [-0.1, -0.05) is 12.1 Å². The Kier molecular flexibility index (Phi) is 6.02. The maximum Gasteiger partial charge on any atom is 0.341 e. The molecular weight excluding hydrogens is 322 g/mol. The minimum absolute atomic E-state index is 0.401. The molecule has 0 aliphatic carbocycles. The first-order valence-electron chi connectivity index (χ1n) is 7.35. The number of ether oxygens (including phenoxy) is 3. The molecule has 0 aromatic heterocycles. The van der Waals surface area contributed by atoms with Gasteiger partial charge in [-0.25, -0.2) is 4.79 Å². The molecule has 2 aromatic rings. The van der Waals surface area contributed by atoms with Gasteiger partial charge in [0.1, 0.15) is 17.2 Å². The number of carboxylic acids is 1. The summed E-state index contributed by atoms with van der Waals surface area (Å²) in [5.74, 6) is 0.588. The fraction of sp³-hybridized carbons (Fsp3) is 0.158. The maximum atomic E-state index is 10.5. The summed E-state index contributed by atoms with van der Waals surface area (Å²) in [5, 5.41) is 18.1. The first kappa shape index (κ1) is 17.9. The summed E-state index contributed by atoms with van der Waals surface area (Å²) >= 11 is 0. The topological polar surface area (TPSA) is 88.8 Å². The molecule has 1 N–H and O–H groups in total. The minimum atomic E-state index is -1.04. The molecular formula is C19H17NO5. The molecule has 25 heavy (non-hydrogen) atoms. The molecule has 128 valence electrons. The van der Waals surface area contributed by atoms with E-state index in [2.05, 4.69) is 6.07 Å². The summed E-state index contributed by atoms with van der Waals surface area (Å²) in [5.41, 5.74) is 1.89. The molecule has 0 saturated heterocycles. The lowest BCUT2D eigenvalue weighted by Gasteiger charge is -2.08. The van der Waals surface area contributed by atoms with Crippen LogP contribution in [-0.2, 0) is 4.79 Å². The molecule has 0 radical (unpaired) electrons. The molecule has 2 rings (SSSR count). The van der Waals surface area contributed by atoms with Crippen molar-refractivity contribution < 1.29 is 24.1 Å². The van der Waals surface area contributed by atoms with Crippen molar-refractivity contribution in [3.05, 3.63) is 53.6 Å². The van der Waals surface area contributed by atoms with Crippen LogP contribution in [0.3, 0.4) is 0 Å². The maximum absolute atomic E-state index is 10.5. The Labute approximate surface area is 145 Å². The third-order valence-electron chi connectivity index (χ3n) is 3.34. The molecule has 6 nitrogen and oxygen atoms in total. The van der Waals surface area contributed by atoms with E-state index in [0.717, 1.165) is 5.56 Å². The number of methoxy groups -OCH3 is 2. The van der Waals surface area contributed by atoms with Gasteiger partial charge < -0.3 is 19.3 Å². The van der Waals surface area contributed by atoms with E-state index in [4.69, 9.17) is 19.3 Å². The van der Waals surface area contributed by atoms with Crippen molar-refractivity contribution >= 4 is 17.6 Å². The van der Waals surface area contributed by atoms with Gasteiger partial charge in [-0.15, -0.1) is 0 Å². The van der Waals surface area contributed by atoms with E-state index >= 15 is 0 Å². The Morgan fingerprint density at radius 3 is 2.16 bits per heavy atom. The highest BCUT2D eigenvalue weighted by molar-refractivity contribution is 5.90. The third kappa shape index (κ3) is 5.01. The average molecular weight is 339 g/mol. The number of nitrogens with zero attached hydrogens (tertiary/aromatic N) is 1. The zero-order valence-corrected chi connectivity index (χ0v) is 13.9. The second kappa shape index (κ2) is 8.41. The standard InChI is InChI=1S/C19H17NO5/c1-23-17-8-14(9-18(10-17)24-2)15(11-20)7-13-3-5-16(6-4-13)25-12-19(21)22/h3-10H,12H2,1-2H3,(H,21,22). The predicted octanol–water partition coefficient (Wildman–Crippen LogP) is 3.23. The molecule has 0 aliphatic heterocycles. The van der Waals surface area contributed by atoms with E-state index in [1.807, 2.05) is 0 Å². The highest BCUT2D eigenvalue weighted by Gasteiger charge is 2.07. The molecule has 0 aliphatic rings. The van der Waals surface area contributed by atoms with E-state index in [9.17, 15) is 10.1 Å². The summed E-state index contributed by atoms with van der Waals surface area (Å²) in [6.45, 7) is -0.401. The van der Waals surface area contributed by atoms with Crippen LogP contribution in [0, 0.1) is 11.3 Å². The monoisotopic (exact) mass is 339 g/mol. The molecule has 2 aromatic carbocycles. The average Bonchev–Trinajstić information content (AvgIpc) is 2.64. The summed E-state index contributed by atoms with van der Waals surface area (Å²) < 4.78 is 15.5. The summed E-state index contributed by atoms with van der Waals surface area (Å²) in [6.07, 6.45) is 1.72. The van der Waals surface area contributed by atoms with E-state index in [1.54, 1.807) is 62.8 Å². The van der Waals surface area contributed by atoms with Gasteiger partial charge >= 0.3 is 5.97 Å². The summed E-state index contributed by atoms with van der Waals surface area (Å²) in [4.78, 5) is 10.5. The Morgan fingerprint density at radius 1 is 1.08 bits per heavy atom. The Bertz CT molecular complexity index is 796. The molecule has 0 unspecified atom stereocenters. The van der Waals surface area contributed by atoms with Crippen molar-refractivity contribution in [1.29, 1.82) is 5.26 Å². The molecule has 0 spiro atoms. The van der Waals surface area contributed by atoms with E-state index in [0.29, 0.717) is 28.4 Å². The van der Waals surface area contributed by atoms with Crippen molar-refractivity contribution in [2.24, 2.45) is 0 Å². The number of benzene rings is 2. The van der Waals surface area contributed by atoms with Crippen LogP contribution < -0.4 is 14.2 Å². The van der Waals surface area contributed by atoms with Gasteiger partial charge in [0.25, 0.3) is 0 Å². The van der Waals surface area contributed by atoms with Gasteiger partial charge in [0.2, 0.25) is 0 Å². The van der Waals surface area contributed by atoms with E-state index in [-0.39, 0.29) is 0 Å². The van der Waals surface area contributed by atoms with Gasteiger partial charge in [0, 0.05) is 6.07 Å². The lowest BCUT2D eigenvalue weighted by molar-refractivity contribution is -0.139. The van der Waals surface area contributed by atoms with Gasteiger partial charge in [0.05, 0.1) is 25.9 Å². The number of carboxylic acid groups (broad SMARTS) is 1. The number of carbonyl (C=O) groups is 1. The minimum Gasteiger partial charge on any atom is -0.497 e. The lowest BCUT2D eigenvalue weighted by atomic mass is 10.0. The quantitative estimate of drug-likeness (QED) is 0.615. The van der Waals surface area contributed by atoms with Crippen LogP contribution in [0.15, 0.2) is 42.5 Å². The predicted molar refractivity (Wildman–Crippen MR) is 92.6 cm³/mol. The highest BCUT2D eigenvalue weighted by atomic mass is 16.5. The highest BCUT2D eigenvalue weighted by Crippen LogP contribution is 2.28. The normalized spacial score (nSPS) is 10.7.